The molecule has 1 aliphatic rings. The lowest BCUT2D eigenvalue weighted by atomic mass is 10.1. The van der Waals surface area contributed by atoms with Gasteiger partial charge in [0.15, 0.2) is 6.17 Å². The molecule has 0 saturated heterocycles. The van der Waals surface area contributed by atoms with Crippen molar-refractivity contribution in [1.29, 1.82) is 5.26 Å². The molecule has 0 spiro atoms. The summed E-state index contributed by atoms with van der Waals surface area (Å²) in [6.45, 7) is 7.46. The second kappa shape index (κ2) is 11.3. The Balaban J connectivity index is 1.58. The number of amides is 1. The zero-order valence-electron chi connectivity index (χ0n) is 20.0. The molecule has 1 amide bonds. The van der Waals surface area contributed by atoms with Crippen LogP contribution in [0.2, 0.25) is 0 Å². The lowest BCUT2D eigenvalue weighted by Crippen LogP contribution is -2.45. The molecule has 8 nitrogen and oxygen atoms in total. The summed E-state index contributed by atoms with van der Waals surface area (Å²) in [5.41, 5.74) is 4.69. The van der Waals surface area contributed by atoms with Crippen LogP contribution in [0.1, 0.15) is 30.7 Å². The van der Waals surface area contributed by atoms with Gasteiger partial charge in [-0.1, -0.05) is 12.1 Å². The van der Waals surface area contributed by atoms with Gasteiger partial charge in [0.05, 0.1) is 36.2 Å². The third-order valence-electron chi connectivity index (χ3n) is 5.44. The third-order valence-corrected chi connectivity index (χ3v) is 7.15. The van der Waals surface area contributed by atoms with E-state index in [1.165, 1.54) is 0 Å². The molecule has 2 N–H and O–H groups in total. The second-order valence-corrected chi connectivity index (χ2v) is 9.50. The number of pyridine rings is 1. The van der Waals surface area contributed by atoms with Crippen LogP contribution in [0.5, 0.6) is 0 Å². The number of nitrogens with one attached hydrogen (secondary N) is 2. The number of nitrogens with zero attached hydrogens (tertiary/aromatic N) is 3. The lowest BCUT2D eigenvalue weighted by Gasteiger charge is -2.26. The van der Waals surface area contributed by atoms with Gasteiger partial charge < -0.3 is 24.6 Å². The second-order valence-electron chi connectivity index (χ2n) is 7.95. The number of aryl methyl sites for hydroxylation is 1. The highest BCUT2D eigenvalue weighted by atomic mass is 31.2. The van der Waals surface area contributed by atoms with E-state index in [0.717, 1.165) is 27.9 Å². The van der Waals surface area contributed by atoms with Gasteiger partial charge in [-0.05, 0) is 68.8 Å². The van der Waals surface area contributed by atoms with Crippen LogP contribution < -0.4 is 20.8 Å². The first kappa shape index (κ1) is 24.6. The summed E-state index contributed by atoms with van der Waals surface area (Å²) in [6.07, 6.45) is 1.02. The maximum Gasteiger partial charge on any atom is 0.267 e. The maximum absolute atomic E-state index is 13.3. The van der Waals surface area contributed by atoms with Gasteiger partial charge in [0.2, 0.25) is 8.38 Å². The first-order chi connectivity index (χ1) is 17.0. The van der Waals surface area contributed by atoms with E-state index in [9.17, 15) is 10.1 Å². The zero-order chi connectivity index (χ0) is 24.8. The van der Waals surface area contributed by atoms with E-state index >= 15 is 0 Å². The number of carbonyl (C=O) groups excluding carboxylic acids is 1. The van der Waals surface area contributed by atoms with Gasteiger partial charge >= 0.3 is 0 Å². The van der Waals surface area contributed by atoms with Crippen molar-refractivity contribution in [2.75, 3.05) is 28.7 Å². The fourth-order valence-corrected chi connectivity index (χ4v) is 5.13. The predicted octanol–water partition coefficient (Wildman–Crippen LogP) is 4.67. The monoisotopic (exact) mass is 489 g/mol. The smallest absolute Gasteiger partial charge is 0.267 e. The van der Waals surface area contributed by atoms with E-state index in [4.69, 9.17) is 9.05 Å². The lowest BCUT2D eigenvalue weighted by molar-refractivity contribution is -0.116. The Kier molecular flexibility index (Phi) is 7.94. The van der Waals surface area contributed by atoms with Crippen LogP contribution in [0.4, 0.5) is 17.1 Å². The van der Waals surface area contributed by atoms with Crippen molar-refractivity contribution < 1.29 is 13.8 Å². The average Bonchev–Trinajstić information content (AvgIpc) is 3.22. The van der Waals surface area contributed by atoms with Crippen molar-refractivity contribution >= 4 is 36.6 Å². The fourth-order valence-electron chi connectivity index (χ4n) is 3.89. The van der Waals surface area contributed by atoms with Crippen LogP contribution in [0, 0.1) is 18.3 Å². The van der Waals surface area contributed by atoms with E-state index in [1.54, 1.807) is 24.4 Å². The van der Waals surface area contributed by atoms with Crippen molar-refractivity contribution in [2.45, 2.75) is 33.5 Å². The Morgan fingerprint density at radius 3 is 2.54 bits per heavy atom. The minimum atomic E-state index is -1.11. The number of fused-ring (bicyclic) bond motifs is 1. The minimum Gasteiger partial charge on any atom is -0.356 e. The molecule has 1 unspecified atom stereocenters. The molecular formula is C26H28N5O3P. The molecule has 0 radical (unpaired) electrons. The first-order valence-corrected chi connectivity index (χ1v) is 12.7. The van der Waals surface area contributed by atoms with Crippen molar-refractivity contribution in [3.8, 4) is 6.07 Å². The molecule has 1 aromatic heterocycles. The summed E-state index contributed by atoms with van der Waals surface area (Å²) in [7, 11) is -1.11. The summed E-state index contributed by atoms with van der Waals surface area (Å²) < 4.78 is 11.5. The van der Waals surface area contributed by atoms with Gasteiger partial charge in [-0.25, -0.2) is 0 Å². The summed E-state index contributed by atoms with van der Waals surface area (Å²) in [5, 5.41) is 16.6. The number of carbonyl (C=O) groups is 1. The topological polar surface area (TPSA) is 99.5 Å². The Bertz CT molecular complexity index is 1220. The van der Waals surface area contributed by atoms with E-state index in [-0.39, 0.29) is 5.91 Å². The van der Waals surface area contributed by atoms with Crippen molar-refractivity contribution in [3.63, 3.8) is 0 Å². The summed E-state index contributed by atoms with van der Waals surface area (Å²) in [5.74, 6) is -0.196. The van der Waals surface area contributed by atoms with Crippen LogP contribution in [0.25, 0.3) is 0 Å². The highest BCUT2D eigenvalue weighted by molar-refractivity contribution is 7.56. The molecule has 2 heterocycles. The highest BCUT2D eigenvalue weighted by Crippen LogP contribution is 2.38. The van der Waals surface area contributed by atoms with E-state index < -0.39 is 14.5 Å². The van der Waals surface area contributed by atoms with Gasteiger partial charge in [-0.3, -0.25) is 9.78 Å². The molecule has 0 bridgehead atoms. The molecule has 0 saturated carbocycles. The van der Waals surface area contributed by atoms with Gasteiger partial charge in [0.1, 0.15) is 0 Å². The van der Waals surface area contributed by atoms with Gasteiger partial charge in [0.25, 0.3) is 5.91 Å². The molecule has 1 aliphatic heterocycles. The molecule has 1 atom stereocenters. The quantitative estimate of drug-likeness (QED) is 0.422. The average molecular weight is 490 g/mol. The zero-order valence-corrected chi connectivity index (χ0v) is 20.9. The fraction of sp³-hybridized carbons (Fsp3) is 0.269. The summed E-state index contributed by atoms with van der Waals surface area (Å²) in [6, 6.07) is 19.3. The van der Waals surface area contributed by atoms with Crippen LogP contribution in [0.15, 0.2) is 60.8 Å². The first-order valence-electron chi connectivity index (χ1n) is 11.5. The Morgan fingerprint density at radius 2 is 1.89 bits per heavy atom. The molecule has 3 aromatic rings. The largest absolute Gasteiger partial charge is 0.356 e. The predicted molar refractivity (Wildman–Crippen MR) is 139 cm³/mol. The highest BCUT2D eigenvalue weighted by Gasteiger charge is 2.34. The van der Waals surface area contributed by atoms with E-state index in [0.29, 0.717) is 31.0 Å². The maximum atomic E-state index is 13.3. The van der Waals surface area contributed by atoms with Crippen LogP contribution in [0.3, 0.4) is 0 Å². The Hall–Kier alpha value is -3.50. The number of rotatable bonds is 9. The number of hydrogen-bond donors (Lipinski definition) is 2. The number of benzene rings is 2. The summed E-state index contributed by atoms with van der Waals surface area (Å²) >= 11 is 0. The summed E-state index contributed by atoms with van der Waals surface area (Å²) in [4.78, 5) is 19.5. The van der Waals surface area contributed by atoms with Gasteiger partial charge in [0, 0.05) is 29.4 Å². The number of anilines is 3. The van der Waals surface area contributed by atoms with Crippen molar-refractivity contribution in [3.05, 3.63) is 77.6 Å². The van der Waals surface area contributed by atoms with E-state index in [2.05, 4.69) is 21.7 Å². The van der Waals surface area contributed by atoms with Crippen LogP contribution in [-0.4, -0.2) is 30.3 Å². The molecule has 4 rings (SSSR count). The Morgan fingerprint density at radius 1 is 1.14 bits per heavy atom. The molecule has 35 heavy (non-hydrogen) atoms. The Labute approximate surface area is 206 Å². The third kappa shape index (κ3) is 5.77. The number of hydrogen-bond acceptors (Lipinski definition) is 7. The number of aromatic nitrogens is 1. The molecule has 2 aromatic carbocycles. The van der Waals surface area contributed by atoms with Crippen molar-refractivity contribution in [2.24, 2.45) is 0 Å². The van der Waals surface area contributed by atoms with Gasteiger partial charge in [-0.15, -0.1) is 0 Å². The SMILES string of the molecule is CCOP(OCC)c1ccc(CN2c3ccc(C#N)cc3NC2C(=O)Nc2ccnc(C)c2)cc1. The van der Waals surface area contributed by atoms with Gasteiger partial charge in [-0.2, -0.15) is 5.26 Å². The van der Waals surface area contributed by atoms with Crippen LogP contribution in [-0.2, 0) is 20.4 Å². The standard InChI is InChI=1S/C26H28N5O3P/c1-4-33-35(34-5-2)22-9-6-19(7-10-22)17-31-24-11-8-20(16-27)15-23(24)30-25(31)26(32)29-21-12-13-28-18(3)14-21/h6-15,25,30H,4-5,17H2,1-3H3,(H,28,29,32). The molecular weight excluding hydrogens is 461 g/mol. The van der Waals surface area contributed by atoms with Crippen LogP contribution >= 0.6 is 8.38 Å². The molecule has 180 valence electrons. The minimum absolute atomic E-state index is 0.196. The molecule has 9 heteroatoms. The molecule has 0 aliphatic carbocycles. The van der Waals surface area contributed by atoms with E-state index in [1.807, 2.05) is 62.1 Å². The molecule has 0 fully saturated rings. The van der Waals surface area contributed by atoms with Crippen molar-refractivity contribution in [1.82, 2.24) is 4.98 Å². The normalized spacial score (nSPS) is 14.4. The number of nitriles is 1.